The van der Waals surface area contributed by atoms with Crippen LogP contribution in [0.2, 0.25) is 0 Å². The molecular weight excluding hydrogens is 244 g/mol. The summed E-state index contributed by atoms with van der Waals surface area (Å²) in [5.74, 6) is -1.25. The molecule has 1 aromatic rings. The predicted molar refractivity (Wildman–Crippen MR) is 72.2 cm³/mol. The summed E-state index contributed by atoms with van der Waals surface area (Å²) in [4.78, 5) is 26.3. The molecule has 1 amide bonds. The summed E-state index contributed by atoms with van der Waals surface area (Å²) in [6.45, 7) is 9.88. The molecule has 0 saturated heterocycles. The van der Waals surface area contributed by atoms with E-state index in [1.807, 2.05) is 0 Å². The minimum absolute atomic E-state index is 0.0637. The van der Waals surface area contributed by atoms with Crippen LogP contribution in [0.15, 0.2) is 6.20 Å². The van der Waals surface area contributed by atoms with E-state index in [0.717, 1.165) is 0 Å². The summed E-state index contributed by atoms with van der Waals surface area (Å²) < 4.78 is 0. The van der Waals surface area contributed by atoms with Gasteiger partial charge < -0.3 is 15.4 Å². The van der Waals surface area contributed by atoms with E-state index in [-0.39, 0.29) is 28.2 Å². The molecule has 1 saturated carbocycles. The summed E-state index contributed by atoms with van der Waals surface area (Å²) in [5.41, 5.74) is 0.882. The molecule has 3 N–H and O–H groups in total. The number of aromatic carboxylic acids is 1. The molecule has 1 fully saturated rings. The van der Waals surface area contributed by atoms with Gasteiger partial charge in [-0.15, -0.1) is 0 Å². The number of carbonyl (C=O) groups is 2. The van der Waals surface area contributed by atoms with E-state index in [9.17, 15) is 9.59 Å². The van der Waals surface area contributed by atoms with Crippen LogP contribution >= 0.6 is 0 Å². The van der Waals surface area contributed by atoms with Gasteiger partial charge in [0.2, 0.25) is 5.91 Å². The fraction of sp³-hybridized carbons (Fsp3) is 0.571. The highest BCUT2D eigenvalue weighted by atomic mass is 16.4. The molecule has 5 heteroatoms. The van der Waals surface area contributed by atoms with Crippen LogP contribution < -0.4 is 5.32 Å². The number of anilines is 1. The van der Waals surface area contributed by atoms with Crippen LogP contribution in [-0.4, -0.2) is 22.0 Å². The molecule has 1 aliphatic carbocycles. The summed E-state index contributed by atoms with van der Waals surface area (Å²) in [6.07, 6.45) is 1.53. The van der Waals surface area contributed by atoms with Crippen molar-refractivity contribution in [3.05, 3.63) is 17.5 Å². The lowest BCUT2D eigenvalue weighted by Crippen LogP contribution is -2.19. The van der Waals surface area contributed by atoms with E-state index >= 15 is 0 Å². The van der Waals surface area contributed by atoms with Gasteiger partial charge in [-0.1, -0.05) is 27.7 Å². The average molecular weight is 264 g/mol. The second-order valence-electron chi connectivity index (χ2n) is 6.37. The molecule has 0 unspecified atom stereocenters. The second-order valence-corrected chi connectivity index (χ2v) is 6.37. The Balaban J connectivity index is 2.20. The van der Waals surface area contributed by atoms with E-state index in [4.69, 9.17) is 5.11 Å². The molecule has 0 aliphatic heterocycles. The normalized spacial score (nSPS) is 20.1. The van der Waals surface area contributed by atoms with Crippen molar-refractivity contribution in [1.82, 2.24) is 4.98 Å². The summed E-state index contributed by atoms with van der Waals surface area (Å²) in [7, 11) is 0. The number of aryl methyl sites for hydroxylation is 1. The van der Waals surface area contributed by atoms with Crippen molar-refractivity contribution >= 4 is 17.6 Å². The van der Waals surface area contributed by atoms with Gasteiger partial charge in [0.1, 0.15) is 5.56 Å². The maximum Gasteiger partial charge on any atom is 0.339 e. The molecule has 0 radical (unpaired) electrons. The zero-order valence-corrected chi connectivity index (χ0v) is 11.9. The van der Waals surface area contributed by atoms with E-state index < -0.39 is 5.97 Å². The Labute approximate surface area is 112 Å². The van der Waals surface area contributed by atoms with E-state index in [1.165, 1.54) is 6.20 Å². The Kier molecular flexibility index (Phi) is 2.77. The number of aromatic nitrogens is 1. The number of amides is 1. The van der Waals surface area contributed by atoms with Crippen LogP contribution in [0.4, 0.5) is 5.69 Å². The van der Waals surface area contributed by atoms with E-state index in [1.54, 1.807) is 6.92 Å². The molecule has 0 atom stereocenters. The third-order valence-corrected chi connectivity index (χ3v) is 4.83. The fourth-order valence-electron chi connectivity index (χ4n) is 2.96. The topological polar surface area (TPSA) is 82.2 Å². The number of hydrogen-bond acceptors (Lipinski definition) is 2. The number of carbonyl (C=O) groups excluding carboxylic acids is 1. The average Bonchev–Trinajstić information content (AvgIpc) is 2.53. The van der Waals surface area contributed by atoms with Crippen LogP contribution in [-0.2, 0) is 4.79 Å². The van der Waals surface area contributed by atoms with E-state index in [0.29, 0.717) is 11.4 Å². The summed E-state index contributed by atoms with van der Waals surface area (Å²) in [6, 6.07) is 0. The highest BCUT2D eigenvalue weighted by molar-refractivity contribution is 6.03. The van der Waals surface area contributed by atoms with Gasteiger partial charge in [-0.05, 0) is 17.8 Å². The first-order chi connectivity index (χ1) is 8.60. The lowest BCUT2D eigenvalue weighted by atomic mass is 10.0. The zero-order valence-electron chi connectivity index (χ0n) is 11.9. The van der Waals surface area contributed by atoms with Crippen molar-refractivity contribution < 1.29 is 14.7 Å². The summed E-state index contributed by atoms with van der Waals surface area (Å²) in [5, 5.41) is 11.9. The Bertz CT molecular complexity index is 541. The van der Waals surface area contributed by atoms with E-state index in [2.05, 4.69) is 38.0 Å². The molecule has 2 rings (SSSR count). The van der Waals surface area contributed by atoms with Crippen LogP contribution in [0.5, 0.6) is 0 Å². The Morgan fingerprint density at radius 1 is 1.26 bits per heavy atom. The number of hydrogen-bond donors (Lipinski definition) is 3. The van der Waals surface area contributed by atoms with Gasteiger partial charge >= 0.3 is 5.97 Å². The van der Waals surface area contributed by atoms with Gasteiger partial charge in [0.25, 0.3) is 0 Å². The number of carboxylic acids is 1. The van der Waals surface area contributed by atoms with Crippen LogP contribution in [0.3, 0.4) is 0 Å². The lowest BCUT2D eigenvalue weighted by Gasteiger charge is -2.06. The molecule has 1 heterocycles. The number of carboxylic acid groups (broad SMARTS) is 1. The lowest BCUT2D eigenvalue weighted by molar-refractivity contribution is -0.118. The maximum atomic E-state index is 12.3. The monoisotopic (exact) mass is 264 g/mol. The molecule has 104 valence electrons. The predicted octanol–water partition coefficient (Wildman–Crippen LogP) is 2.64. The minimum Gasteiger partial charge on any atom is -0.478 e. The molecule has 1 aromatic heterocycles. The third-order valence-electron chi connectivity index (χ3n) is 4.83. The Hall–Kier alpha value is -1.78. The molecule has 19 heavy (non-hydrogen) atoms. The fourth-order valence-corrected chi connectivity index (χ4v) is 2.96. The largest absolute Gasteiger partial charge is 0.478 e. The number of nitrogens with one attached hydrogen (secondary N) is 2. The molecule has 5 nitrogen and oxygen atoms in total. The van der Waals surface area contributed by atoms with Crippen molar-refractivity contribution in [2.75, 3.05) is 5.32 Å². The standard InChI is InChI=1S/C14H20N2O3/c1-7-9(12(18)19)8(6-15-7)16-11(17)10-13(2,3)14(10,4)5/h6,10,15H,1-5H3,(H,16,17)(H,18,19). The van der Waals surface area contributed by atoms with Gasteiger partial charge in [-0.2, -0.15) is 0 Å². The highest BCUT2D eigenvalue weighted by Crippen LogP contribution is 2.68. The van der Waals surface area contributed by atoms with Crippen molar-refractivity contribution in [2.45, 2.75) is 34.6 Å². The smallest absolute Gasteiger partial charge is 0.339 e. The van der Waals surface area contributed by atoms with Gasteiger partial charge in [0, 0.05) is 17.8 Å². The molecule has 0 spiro atoms. The van der Waals surface area contributed by atoms with Gasteiger partial charge in [0.05, 0.1) is 5.69 Å². The van der Waals surface area contributed by atoms with Gasteiger partial charge in [0.15, 0.2) is 0 Å². The molecule has 0 bridgehead atoms. The van der Waals surface area contributed by atoms with Crippen LogP contribution in [0.25, 0.3) is 0 Å². The first-order valence-electron chi connectivity index (χ1n) is 6.33. The minimum atomic E-state index is -1.04. The van der Waals surface area contributed by atoms with Crippen molar-refractivity contribution in [2.24, 2.45) is 16.7 Å². The number of rotatable bonds is 3. The second kappa shape index (κ2) is 3.85. The Morgan fingerprint density at radius 3 is 2.21 bits per heavy atom. The first-order valence-corrected chi connectivity index (χ1v) is 6.33. The van der Waals surface area contributed by atoms with Gasteiger partial charge in [-0.3, -0.25) is 4.79 Å². The highest BCUT2D eigenvalue weighted by Gasteiger charge is 2.68. The molecule has 1 aliphatic rings. The van der Waals surface area contributed by atoms with Gasteiger partial charge in [-0.25, -0.2) is 4.79 Å². The zero-order chi connectivity index (χ0) is 14.6. The number of aromatic amines is 1. The number of H-pyrrole nitrogens is 1. The van der Waals surface area contributed by atoms with Crippen molar-refractivity contribution in [3.63, 3.8) is 0 Å². The third kappa shape index (κ3) is 1.84. The summed E-state index contributed by atoms with van der Waals surface area (Å²) >= 11 is 0. The molecular formula is C14H20N2O3. The first kappa shape index (κ1) is 13.6. The molecule has 0 aromatic carbocycles. The van der Waals surface area contributed by atoms with Crippen LogP contribution in [0, 0.1) is 23.7 Å². The quantitative estimate of drug-likeness (QED) is 0.784. The van der Waals surface area contributed by atoms with Crippen LogP contribution in [0.1, 0.15) is 43.7 Å². The maximum absolute atomic E-state index is 12.3. The Morgan fingerprint density at radius 2 is 1.79 bits per heavy atom. The SMILES string of the molecule is Cc1[nH]cc(NC(=O)C2C(C)(C)C2(C)C)c1C(=O)O. The van der Waals surface area contributed by atoms with Crippen molar-refractivity contribution in [3.8, 4) is 0 Å². The van der Waals surface area contributed by atoms with Crippen molar-refractivity contribution in [1.29, 1.82) is 0 Å².